The zero-order valence-corrected chi connectivity index (χ0v) is 16.0. The largest absolute Gasteiger partial charge is 0.430 e. The highest BCUT2D eigenvalue weighted by Gasteiger charge is 2.46. The van der Waals surface area contributed by atoms with Gasteiger partial charge in [0.2, 0.25) is 0 Å². The van der Waals surface area contributed by atoms with E-state index in [1.165, 1.54) is 11.5 Å². The Morgan fingerprint density at radius 3 is 2.88 bits per heavy atom. The minimum absolute atomic E-state index is 0.380. The Labute approximate surface area is 155 Å². The third-order valence-electron chi connectivity index (χ3n) is 3.83. The maximum atomic E-state index is 6.32. The maximum Gasteiger partial charge on any atom is 0.298 e. The molecule has 0 N–H and O–H groups in total. The lowest BCUT2D eigenvalue weighted by Crippen LogP contribution is -2.14. The monoisotopic (exact) mass is 384 g/mol. The zero-order valence-electron chi connectivity index (χ0n) is 13.7. The number of alkyl halides is 1. The summed E-state index contributed by atoms with van der Waals surface area (Å²) in [7, 11) is 1.96. The summed E-state index contributed by atoms with van der Waals surface area (Å²) >= 11 is 13.8. The average molecular weight is 385 g/mol. The maximum absolute atomic E-state index is 6.32. The van der Waals surface area contributed by atoms with Crippen molar-refractivity contribution in [3.8, 4) is 10.9 Å². The SMILES string of the molecule is CCN(C)C=Nc1cc(C)c(Oc2nc(C3(Cl)CC3)ns2)cc1Cl. The van der Waals surface area contributed by atoms with Gasteiger partial charge in [0.05, 0.1) is 17.0 Å². The van der Waals surface area contributed by atoms with Gasteiger partial charge in [-0.15, -0.1) is 11.6 Å². The summed E-state index contributed by atoms with van der Waals surface area (Å²) in [6.07, 6.45) is 3.58. The molecule has 1 aliphatic rings. The van der Waals surface area contributed by atoms with Gasteiger partial charge in [0.15, 0.2) is 5.82 Å². The van der Waals surface area contributed by atoms with Gasteiger partial charge in [-0.1, -0.05) is 11.6 Å². The van der Waals surface area contributed by atoms with Crippen LogP contribution in [0.5, 0.6) is 10.9 Å². The molecule has 128 valence electrons. The van der Waals surface area contributed by atoms with Gasteiger partial charge in [-0.2, -0.15) is 9.36 Å². The molecule has 0 spiro atoms. The first-order valence-corrected chi connectivity index (χ1v) is 9.20. The molecule has 0 amide bonds. The molecule has 0 radical (unpaired) electrons. The zero-order chi connectivity index (χ0) is 17.3. The normalized spacial score (nSPS) is 15.7. The van der Waals surface area contributed by atoms with Crippen LogP contribution < -0.4 is 4.74 Å². The molecule has 5 nitrogen and oxygen atoms in total. The molecule has 24 heavy (non-hydrogen) atoms. The third kappa shape index (κ3) is 3.82. The molecule has 1 fully saturated rings. The summed E-state index contributed by atoms with van der Waals surface area (Å²) < 4.78 is 10.1. The van der Waals surface area contributed by atoms with Crippen LogP contribution >= 0.6 is 34.7 Å². The lowest BCUT2D eigenvalue weighted by molar-refractivity contribution is 0.473. The number of halogens is 2. The summed E-state index contributed by atoms with van der Waals surface area (Å²) in [6, 6.07) is 3.65. The first kappa shape index (κ1) is 17.5. The standard InChI is InChI=1S/C16H18Cl2N4OS/c1-4-22(3)9-19-12-7-10(2)13(8-11(12)17)23-15-20-14(21-24-15)16(18)5-6-16/h7-9H,4-6H2,1-3H3. The Morgan fingerprint density at radius 1 is 1.46 bits per heavy atom. The van der Waals surface area contributed by atoms with Crippen molar-refractivity contribution >= 4 is 46.8 Å². The van der Waals surface area contributed by atoms with Crippen LogP contribution in [0.4, 0.5) is 5.69 Å². The number of hydrogen-bond donors (Lipinski definition) is 0. The molecule has 0 bridgehead atoms. The molecule has 2 aromatic rings. The second kappa shape index (κ2) is 6.86. The first-order chi connectivity index (χ1) is 11.4. The third-order valence-corrected chi connectivity index (χ3v) is 5.28. The summed E-state index contributed by atoms with van der Waals surface area (Å²) in [5.41, 5.74) is 1.63. The number of nitrogens with zero attached hydrogens (tertiary/aromatic N) is 4. The van der Waals surface area contributed by atoms with Crippen LogP contribution in [0, 0.1) is 6.92 Å². The predicted octanol–water partition coefficient (Wildman–Crippen LogP) is 5.13. The second-order valence-corrected chi connectivity index (χ2v) is 7.68. The fraction of sp³-hybridized carbons (Fsp3) is 0.438. The van der Waals surface area contributed by atoms with Crippen molar-refractivity contribution in [3.63, 3.8) is 0 Å². The van der Waals surface area contributed by atoms with Crippen LogP contribution in [0.1, 0.15) is 31.2 Å². The summed E-state index contributed by atoms with van der Waals surface area (Å²) in [6.45, 7) is 4.88. The van der Waals surface area contributed by atoms with Gasteiger partial charge in [-0.3, -0.25) is 0 Å². The number of benzene rings is 1. The molecule has 0 atom stereocenters. The molecule has 3 rings (SSSR count). The smallest absolute Gasteiger partial charge is 0.298 e. The number of aromatic nitrogens is 2. The van der Waals surface area contributed by atoms with Crippen LogP contribution in [-0.2, 0) is 4.87 Å². The van der Waals surface area contributed by atoms with Crippen molar-refractivity contribution in [1.29, 1.82) is 0 Å². The quantitative estimate of drug-likeness (QED) is 0.393. The lowest BCUT2D eigenvalue weighted by Gasteiger charge is -2.10. The van der Waals surface area contributed by atoms with Gasteiger partial charge in [-0.25, -0.2) is 4.99 Å². The van der Waals surface area contributed by atoms with Gasteiger partial charge in [0.1, 0.15) is 10.6 Å². The molecule has 1 heterocycles. The van der Waals surface area contributed by atoms with E-state index < -0.39 is 0 Å². The number of rotatable bonds is 6. The molecular weight excluding hydrogens is 367 g/mol. The van der Waals surface area contributed by atoms with Crippen molar-refractivity contribution in [1.82, 2.24) is 14.3 Å². The minimum Gasteiger partial charge on any atom is -0.430 e. The van der Waals surface area contributed by atoms with E-state index in [2.05, 4.69) is 21.3 Å². The lowest BCUT2D eigenvalue weighted by atomic mass is 10.2. The summed E-state index contributed by atoms with van der Waals surface area (Å²) in [5, 5.41) is 0.996. The van der Waals surface area contributed by atoms with Crippen LogP contribution in [0.15, 0.2) is 17.1 Å². The Bertz CT molecular complexity index is 773. The minimum atomic E-state index is -0.380. The van der Waals surface area contributed by atoms with E-state index in [4.69, 9.17) is 27.9 Å². The molecule has 0 aliphatic heterocycles. The van der Waals surface area contributed by atoms with E-state index >= 15 is 0 Å². The second-order valence-electron chi connectivity index (χ2n) is 5.84. The molecule has 0 saturated heterocycles. The summed E-state index contributed by atoms with van der Waals surface area (Å²) in [5.74, 6) is 1.29. The van der Waals surface area contributed by atoms with Crippen molar-refractivity contribution in [2.75, 3.05) is 13.6 Å². The van der Waals surface area contributed by atoms with Crippen LogP contribution in [0.3, 0.4) is 0 Å². The van der Waals surface area contributed by atoms with E-state index in [0.717, 1.165) is 24.9 Å². The number of aryl methyl sites for hydroxylation is 1. The van der Waals surface area contributed by atoms with E-state index in [-0.39, 0.29) is 4.87 Å². The van der Waals surface area contributed by atoms with Crippen molar-refractivity contribution < 1.29 is 4.74 Å². The Hall–Kier alpha value is -1.37. The van der Waals surface area contributed by atoms with Crippen LogP contribution in [-0.4, -0.2) is 34.2 Å². The van der Waals surface area contributed by atoms with Gasteiger partial charge >= 0.3 is 0 Å². The number of hydrogen-bond acceptors (Lipinski definition) is 5. The van der Waals surface area contributed by atoms with Crippen LogP contribution in [0.25, 0.3) is 0 Å². The molecule has 1 saturated carbocycles. The number of ether oxygens (including phenoxy) is 1. The van der Waals surface area contributed by atoms with E-state index in [9.17, 15) is 0 Å². The molecule has 0 unspecified atom stereocenters. The molecule has 8 heteroatoms. The first-order valence-electron chi connectivity index (χ1n) is 7.67. The molecule has 1 aromatic heterocycles. The van der Waals surface area contributed by atoms with Crippen LogP contribution in [0.2, 0.25) is 5.02 Å². The van der Waals surface area contributed by atoms with E-state index in [1.54, 1.807) is 12.4 Å². The fourth-order valence-electron chi connectivity index (χ4n) is 1.96. The van der Waals surface area contributed by atoms with Gasteiger partial charge < -0.3 is 9.64 Å². The Morgan fingerprint density at radius 2 is 2.21 bits per heavy atom. The predicted molar refractivity (Wildman–Crippen MR) is 99.4 cm³/mol. The van der Waals surface area contributed by atoms with Crippen molar-refractivity contribution in [3.05, 3.63) is 28.5 Å². The highest BCUT2D eigenvalue weighted by Crippen LogP contribution is 2.51. The molecule has 1 aromatic carbocycles. The number of aliphatic imine (C=N–C) groups is 1. The topological polar surface area (TPSA) is 50.6 Å². The van der Waals surface area contributed by atoms with Gasteiger partial charge in [0.25, 0.3) is 5.19 Å². The Kier molecular flexibility index (Phi) is 4.99. The van der Waals surface area contributed by atoms with E-state index in [0.29, 0.717) is 27.5 Å². The van der Waals surface area contributed by atoms with Gasteiger partial charge in [0, 0.05) is 31.2 Å². The fourth-order valence-corrected chi connectivity index (χ4v) is 3.03. The highest BCUT2D eigenvalue weighted by atomic mass is 35.5. The summed E-state index contributed by atoms with van der Waals surface area (Å²) in [4.78, 5) is 10.4. The molecular formula is C16H18Cl2N4OS. The average Bonchev–Trinajstić information content (AvgIpc) is 3.12. The van der Waals surface area contributed by atoms with Gasteiger partial charge in [-0.05, 0) is 38.3 Å². The van der Waals surface area contributed by atoms with Crippen molar-refractivity contribution in [2.24, 2.45) is 4.99 Å². The van der Waals surface area contributed by atoms with Crippen molar-refractivity contribution in [2.45, 2.75) is 31.6 Å². The Balaban J connectivity index is 1.78. The highest BCUT2D eigenvalue weighted by molar-refractivity contribution is 7.07. The molecule has 1 aliphatic carbocycles. The van der Waals surface area contributed by atoms with E-state index in [1.807, 2.05) is 24.9 Å².